The topological polar surface area (TPSA) is 103 Å². The summed E-state index contributed by atoms with van der Waals surface area (Å²) in [4.78, 5) is 30.5. The van der Waals surface area contributed by atoms with Gasteiger partial charge >= 0.3 is 0 Å². The van der Waals surface area contributed by atoms with Crippen molar-refractivity contribution in [2.45, 2.75) is 6.92 Å². The minimum Gasteiger partial charge on any atom is -0.868 e. The Morgan fingerprint density at radius 3 is 2.65 bits per heavy atom. The second-order valence-corrected chi connectivity index (χ2v) is 8.77. The summed E-state index contributed by atoms with van der Waals surface area (Å²) in [7, 11) is 0. The van der Waals surface area contributed by atoms with E-state index >= 15 is 0 Å². The van der Waals surface area contributed by atoms with E-state index in [0.717, 1.165) is 48.5 Å². The summed E-state index contributed by atoms with van der Waals surface area (Å²) in [5, 5.41) is 23.9. The molecule has 10 heteroatoms. The number of aliphatic imine (C=N–C) groups is 1. The number of nitrogens with zero attached hydrogens (tertiary/aromatic N) is 3. The van der Waals surface area contributed by atoms with Crippen LogP contribution in [0.1, 0.15) is 11.1 Å². The van der Waals surface area contributed by atoms with Crippen molar-refractivity contribution in [3.63, 3.8) is 0 Å². The average Bonchev–Trinajstić information content (AvgIpc) is 3.11. The van der Waals surface area contributed by atoms with Gasteiger partial charge in [0.25, 0.3) is 11.6 Å². The molecule has 1 N–H and O–H groups in total. The van der Waals surface area contributed by atoms with E-state index in [1.165, 1.54) is 34.9 Å². The van der Waals surface area contributed by atoms with E-state index < -0.39 is 16.4 Å². The number of carbonyl (C=O) groups excluding carboxylic acids is 1. The smallest absolute Gasteiger partial charge is 0.286 e. The molecule has 1 fully saturated rings. The number of halogens is 1. The van der Waals surface area contributed by atoms with Gasteiger partial charge in [-0.3, -0.25) is 19.8 Å². The summed E-state index contributed by atoms with van der Waals surface area (Å²) in [5.74, 6) is -1.04. The Morgan fingerprint density at radius 2 is 1.97 bits per heavy atom. The molecule has 2 aromatic rings. The molecule has 160 valence electrons. The number of amides is 1. The van der Waals surface area contributed by atoms with E-state index in [9.17, 15) is 20.0 Å². The molecule has 31 heavy (non-hydrogen) atoms. The normalized spacial score (nSPS) is 18.5. The number of rotatable bonds is 3. The number of thioether (sulfide) groups is 1. The second-order valence-electron chi connectivity index (χ2n) is 7.35. The lowest BCUT2D eigenvalue weighted by Crippen LogP contribution is -3.10. The van der Waals surface area contributed by atoms with Crippen molar-refractivity contribution in [3.8, 4) is 5.75 Å². The summed E-state index contributed by atoms with van der Waals surface area (Å²) in [6, 6.07) is 9.88. The number of benzene rings is 2. The molecule has 1 amide bonds. The minimum absolute atomic E-state index is 0.378. The SMILES string of the molecule is Cc1ccc([NH+]2CCN(C3=NC(=O)C(=Cc4ccc([O-])c([N+](=O)[O-])c4)S3)CC2)cc1Cl. The molecule has 1 saturated heterocycles. The van der Waals surface area contributed by atoms with Gasteiger partial charge in [0.2, 0.25) is 0 Å². The van der Waals surface area contributed by atoms with Gasteiger partial charge in [-0.1, -0.05) is 29.8 Å². The van der Waals surface area contributed by atoms with Crippen LogP contribution in [0.2, 0.25) is 5.02 Å². The van der Waals surface area contributed by atoms with Gasteiger partial charge in [-0.15, -0.1) is 0 Å². The average molecular weight is 459 g/mol. The molecule has 2 aromatic carbocycles. The van der Waals surface area contributed by atoms with Gasteiger partial charge in [-0.05, 0) is 47.7 Å². The maximum atomic E-state index is 12.4. The van der Waals surface area contributed by atoms with Crippen LogP contribution >= 0.6 is 23.4 Å². The summed E-state index contributed by atoms with van der Waals surface area (Å²) in [6.45, 7) is 5.16. The number of nitrogens with one attached hydrogen (secondary N) is 1. The molecule has 0 spiro atoms. The molecule has 0 saturated carbocycles. The van der Waals surface area contributed by atoms with Crippen LogP contribution in [0, 0.1) is 17.0 Å². The first kappa shape index (κ1) is 21.4. The highest BCUT2D eigenvalue weighted by atomic mass is 35.5. The summed E-state index contributed by atoms with van der Waals surface area (Å²) < 4.78 is 0. The number of amidine groups is 1. The number of hydrogen-bond donors (Lipinski definition) is 1. The van der Waals surface area contributed by atoms with Crippen molar-refractivity contribution in [2.24, 2.45) is 4.99 Å². The quantitative estimate of drug-likeness (QED) is 0.429. The molecular formula is C21H19ClN4O4S. The van der Waals surface area contributed by atoms with Crippen LogP contribution < -0.4 is 10.0 Å². The Hall–Kier alpha value is -2.88. The van der Waals surface area contributed by atoms with Crippen molar-refractivity contribution in [3.05, 3.63) is 67.6 Å². The zero-order chi connectivity index (χ0) is 22.1. The molecule has 2 heterocycles. The molecule has 2 aliphatic rings. The molecule has 0 aliphatic carbocycles. The van der Waals surface area contributed by atoms with Gasteiger partial charge in [0.05, 0.1) is 36.0 Å². The Kier molecular flexibility index (Phi) is 5.99. The van der Waals surface area contributed by atoms with Gasteiger partial charge in [0.15, 0.2) is 5.17 Å². The summed E-state index contributed by atoms with van der Waals surface area (Å²) in [6.07, 6.45) is 1.53. The van der Waals surface area contributed by atoms with Crippen molar-refractivity contribution >= 4 is 51.9 Å². The predicted molar refractivity (Wildman–Crippen MR) is 119 cm³/mol. The number of nitro benzene ring substituents is 1. The molecule has 0 atom stereocenters. The van der Waals surface area contributed by atoms with Crippen LogP contribution in [0.4, 0.5) is 11.4 Å². The number of quaternary nitrogens is 1. The van der Waals surface area contributed by atoms with Gasteiger partial charge in [-0.25, -0.2) is 0 Å². The van der Waals surface area contributed by atoms with Crippen molar-refractivity contribution in [1.82, 2.24) is 4.90 Å². The molecule has 8 nitrogen and oxygen atoms in total. The fourth-order valence-electron chi connectivity index (χ4n) is 3.52. The molecule has 0 radical (unpaired) electrons. The van der Waals surface area contributed by atoms with Crippen molar-refractivity contribution in [1.29, 1.82) is 0 Å². The number of aryl methyl sites for hydroxylation is 1. The highest BCUT2D eigenvalue weighted by Gasteiger charge is 2.30. The molecule has 4 rings (SSSR count). The Morgan fingerprint density at radius 1 is 1.23 bits per heavy atom. The predicted octanol–water partition coefficient (Wildman–Crippen LogP) is 2.13. The van der Waals surface area contributed by atoms with Crippen LogP contribution in [0.15, 0.2) is 46.3 Å². The third-order valence-electron chi connectivity index (χ3n) is 5.30. The number of piperazine rings is 1. The summed E-state index contributed by atoms with van der Waals surface area (Å²) >= 11 is 7.50. The van der Waals surface area contributed by atoms with E-state index in [4.69, 9.17) is 11.6 Å². The van der Waals surface area contributed by atoms with Gasteiger partial charge in [0, 0.05) is 17.2 Å². The largest absolute Gasteiger partial charge is 0.868 e. The Bertz CT molecular complexity index is 1130. The first-order valence-corrected chi connectivity index (χ1v) is 10.9. The number of hydrogen-bond acceptors (Lipinski definition) is 6. The lowest BCUT2D eigenvalue weighted by Gasteiger charge is -2.32. The molecule has 0 bridgehead atoms. The fourth-order valence-corrected chi connectivity index (χ4v) is 4.67. The summed E-state index contributed by atoms with van der Waals surface area (Å²) in [5.41, 5.74) is 2.11. The zero-order valence-electron chi connectivity index (χ0n) is 16.6. The van der Waals surface area contributed by atoms with Gasteiger partial charge in [-0.2, -0.15) is 4.99 Å². The minimum atomic E-state index is -0.723. The van der Waals surface area contributed by atoms with Crippen LogP contribution in [0.3, 0.4) is 0 Å². The number of nitro groups is 1. The first-order chi connectivity index (χ1) is 14.8. The second kappa shape index (κ2) is 8.70. The highest BCUT2D eigenvalue weighted by molar-refractivity contribution is 8.18. The molecule has 0 unspecified atom stereocenters. The lowest BCUT2D eigenvalue weighted by molar-refractivity contribution is -0.837. The Balaban J connectivity index is 1.42. The van der Waals surface area contributed by atoms with Crippen LogP contribution in [-0.4, -0.2) is 47.1 Å². The monoisotopic (exact) mass is 458 g/mol. The van der Waals surface area contributed by atoms with Crippen LogP contribution in [0.5, 0.6) is 5.75 Å². The fraction of sp³-hybridized carbons (Fsp3) is 0.238. The third kappa shape index (κ3) is 4.58. The van der Waals surface area contributed by atoms with Crippen molar-refractivity contribution in [2.75, 3.05) is 26.2 Å². The highest BCUT2D eigenvalue weighted by Crippen LogP contribution is 2.32. The van der Waals surface area contributed by atoms with E-state index in [1.807, 2.05) is 19.1 Å². The van der Waals surface area contributed by atoms with E-state index in [-0.39, 0.29) is 5.91 Å². The van der Waals surface area contributed by atoms with Gasteiger partial charge < -0.3 is 10.0 Å². The maximum absolute atomic E-state index is 12.4. The van der Waals surface area contributed by atoms with E-state index in [1.54, 1.807) is 0 Å². The third-order valence-corrected chi connectivity index (χ3v) is 6.76. The molecule has 2 aliphatic heterocycles. The van der Waals surface area contributed by atoms with Crippen molar-refractivity contribution < 1.29 is 19.7 Å². The first-order valence-electron chi connectivity index (χ1n) is 9.66. The van der Waals surface area contributed by atoms with E-state index in [2.05, 4.69) is 16.0 Å². The zero-order valence-corrected chi connectivity index (χ0v) is 18.2. The molecular weight excluding hydrogens is 440 g/mol. The standard InChI is InChI=1S/C21H19ClN4O4S/c1-13-2-4-15(12-16(13)22)24-6-8-25(9-7-24)21-23-20(28)19(31-21)11-14-3-5-18(27)17(10-14)26(29)30/h2-5,10-12,27H,6-9H2,1H3. The number of carbonyl (C=O) groups is 1. The van der Waals surface area contributed by atoms with Gasteiger partial charge in [0.1, 0.15) is 5.69 Å². The van der Waals surface area contributed by atoms with E-state index in [0.29, 0.717) is 15.6 Å². The van der Waals surface area contributed by atoms with Crippen LogP contribution in [-0.2, 0) is 4.79 Å². The Labute approximate surface area is 188 Å². The van der Waals surface area contributed by atoms with Crippen LogP contribution in [0.25, 0.3) is 6.08 Å². The lowest BCUT2D eigenvalue weighted by atomic mass is 10.1. The maximum Gasteiger partial charge on any atom is 0.286 e. The molecule has 0 aromatic heterocycles.